The number of aromatic nitrogens is 2. The Balaban J connectivity index is 1.58. The molecule has 1 amide bonds. The molecule has 0 unspecified atom stereocenters. The molecule has 0 saturated heterocycles. The van der Waals surface area contributed by atoms with Gasteiger partial charge >= 0.3 is 0 Å². The summed E-state index contributed by atoms with van der Waals surface area (Å²) in [5.41, 5.74) is 0.474. The van der Waals surface area contributed by atoms with Gasteiger partial charge in [-0.2, -0.15) is 0 Å². The Morgan fingerprint density at radius 3 is 3.04 bits per heavy atom. The molecule has 7 heteroatoms. The normalized spacial score (nSPS) is 13.4. The fourth-order valence-electron chi connectivity index (χ4n) is 2.35. The van der Waals surface area contributed by atoms with Crippen molar-refractivity contribution in [3.8, 4) is 11.5 Å². The van der Waals surface area contributed by atoms with Gasteiger partial charge in [0.05, 0.1) is 24.6 Å². The summed E-state index contributed by atoms with van der Waals surface area (Å²) in [5, 5.41) is 3.28. The highest BCUT2D eigenvalue weighted by Gasteiger charge is 2.18. The second kappa shape index (κ2) is 7.37. The van der Waals surface area contributed by atoms with Crippen LogP contribution in [0.25, 0.3) is 0 Å². The standard InChI is InChI=1S/C16H18ClN3O3/c17-13-9-12(10-14-15(13)23-8-2-7-22-14)16(21)19-3-1-5-20-6-4-18-11-20/h4,6,9-11H,1-3,5,7-8H2,(H,19,21). The molecule has 1 aromatic carbocycles. The molecule has 122 valence electrons. The van der Waals surface area contributed by atoms with Crippen molar-refractivity contribution in [2.24, 2.45) is 0 Å². The lowest BCUT2D eigenvalue weighted by molar-refractivity contribution is 0.0952. The maximum Gasteiger partial charge on any atom is 0.251 e. The van der Waals surface area contributed by atoms with Crippen molar-refractivity contribution in [1.29, 1.82) is 0 Å². The number of ether oxygens (including phenoxy) is 2. The molecule has 0 atom stereocenters. The summed E-state index contributed by atoms with van der Waals surface area (Å²) in [6, 6.07) is 3.29. The average Bonchev–Trinajstić information content (AvgIpc) is 2.94. The number of hydrogen-bond donors (Lipinski definition) is 1. The number of carbonyl (C=O) groups excluding carboxylic acids is 1. The highest BCUT2D eigenvalue weighted by Crippen LogP contribution is 2.37. The molecule has 0 spiro atoms. The van der Waals surface area contributed by atoms with Gasteiger partial charge in [0.1, 0.15) is 0 Å². The van der Waals surface area contributed by atoms with Crippen LogP contribution in [0, 0.1) is 0 Å². The van der Waals surface area contributed by atoms with Gasteiger partial charge in [-0.3, -0.25) is 4.79 Å². The van der Waals surface area contributed by atoms with Crippen molar-refractivity contribution >= 4 is 17.5 Å². The lowest BCUT2D eigenvalue weighted by atomic mass is 10.2. The molecule has 0 aliphatic carbocycles. The molecule has 3 rings (SSSR count). The largest absolute Gasteiger partial charge is 0.489 e. The zero-order valence-corrected chi connectivity index (χ0v) is 13.4. The first-order chi connectivity index (χ1) is 11.2. The van der Waals surface area contributed by atoms with Crippen molar-refractivity contribution in [2.45, 2.75) is 19.4 Å². The van der Waals surface area contributed by atoms with Crippen LogP contribution >= 0.6 is 11.6 Å². The van der Waals surface area contributed by atoms with E-state index in [1.807, 2.05) is 10.8 Å². The topological polar surface area (TPSA) is 65.4 Å². The molecule has 6 nitrogen and oxygen atoms in total. The number of nitrogens with one attached hydrogen (secondary N) is 1. The third-order valence-electron chi connectivity index (χ3n) is 3.50. The Bertz CT molecular complexity index is 673. The molecule has 23 heavy (non-hydrogen) atoms. The Hall–Kier alpha value is -2.21. The van der Waals surface area contributed by atoms with Gasteiger partial charge in [0, 0.05) is 37.5 Å². The third kappa shape index (κ3) is 3.96. The van der Waals surface area contributed by atoms with Crippen molar-refractivity contribution in [3.05, 3.63) is 41.4 Å². The monoisotopic (exact) mass is 335 g/mol. The van der Waals surface area contributed by atoms with Gasteiger partial charge in [-0.15, -0.1) is 0 Å². The predicted molar refractivity (Wildman–Crippen MR) is 86.2 cm³/mol. The Morgan fingerprint density at radius 2 is 2.22 bits per heavy atom. The maximum absolute atomic E-state index is 12.2. The molecule has 0 radical (unpaired) electrons. The van der Waals surface area contributed by atoms with Gasteiger partial charge in [-0.05, 0) is 18.6 Å². The number of benzene rings is 1. The first-order valence-corrected chi connectivity index (χ1v) is 7.95. The smallest absolute Gasteiger partial charge is 0.251 e. The van der Waals surface area contributed by atoms with Crippen molar-refractivity contribution in [1.82, 2.24) is 14.9 Å². The number of halogens is 1. The minimum absolute atomic E-state index is 0.173. The molecule has 1 aliphatic heterocycles. The molecular weight excluding hydrogens is 318 g/mol. The molecule has 0 fully saturated rings. The summed E-state index contributed by atoms with van der Waals surface area (Å²) in [6.45, 7) is 2.50. The molecular formula is C16H18ClN3O3. The number of carbonyl (C=O) groups is 1. The van der Waals surface area contributed by atoms with E-state index in [4.69, 9.17) is 21.1 Å². The van der Waals surface area contributed by atoms with Crippen LogP contribution in [0.5, 0.6) is 11.5 Å². The number of amides is 1. The summed E-state index contributed by atoms with van der Waals surface area (Å²) in [4.78, 5) is 16.2. The van der Waals surface area contributed by atoms with Crippen molar-refractivity contribution in [3.63, 3.8) is 0 Å². The molecule has 1 aliphatic rings. The molecule has 1 aromatic heterocycles. The Morgan fingerprint density at radius 1 is 1.35 bits per heavy atom. The van der Waals surface area contributed by atoms with E-state index in [1.54, 1.807) is 24.7 Å². The lowest BCUT2D eigenvalue weighted by Gasteiger charge is -2.12. The molecule has 1 N–H and O–H groups in total. The van der Waals surface area contributed by atoms with Crippen LogP contribution in [0.4, 0.5) is 0 Å². The average molecular weight is 336 g/mol. The van der Waals surface area contributed by atoms with E-state index >= 15 is 0 Å². The number of rotatable bonds is 5. The van der Waals surface area contributed by atoms with Crippen LogP contribution in [0.3, 0.4) is 0 Å². The van der Waals surface area contributed by atoms with Crippen molar-refractivity contribution < 1.29 is 14.3 Å². The van der Waals surface area contributed by atoms with E-state index in [2.05, 4.69) is 10.3 Å². The van der Waals surface area contributed by atoms with E-state index in [1.165, 1.54) is 0 Å². The first kappa shape index (κ1) is 15.7. The summed E-state index contributed by atoms with van der Waals surface area (Å²) in [6.07, 6.45) is 7.00. The second-order valence-electron chi connectivity index (χ2n) is 5.25. The molecule has 0 bridgehead atoms. The Labute approximate surface area is 139 Å². The van der Waals surface area contributed by atoms with E-state index < -0.39 is 0 Å². The van der Waals surface area contributed by atoms with Crippen LogP contribution in [-0.4, -0.2) is 35.2 Å². The molecule has 2 heterocycles. The van der Waals surface area contributed by atoms with Crippen LogP contribution in [-0.2, 0) is 6.54 Å². The predicted octanol–water partition coefficient (Wildman–Crippen LogP) is 2.52. The van der Waals surface area contributed by atoms with Crippen LogP contribution in [0.1, 0.15) is 23.2 Å². The number of aryl methyl sites for hydroxylation is 1. The molecule has 2 aromatic rings. The van der Waals surface area contributed by atoms with Crippen LogP contribution < -0.4 is 14.8 Å². The van der Waals surface area contributed by atoms with Gasteiger partial charge < -0.3 is 19.4 Å². The van der Waals surface area contributed by atoms with Gasteiger partial charge in [-0.1, -0.05) is 11.6 Å². The van der Waals surface area contributed by atoms with Crippen LogP contribution in [0.2, 0.25) is 5.02 Å². The fraction of sp³-hybridized carbons (Fsp3) is 0.375. The lowest BCUT2D eigenvalue weighted by Crippen LogP contribution is -2.25. The number of fused-ring (bicyclic) bond motifs is 1. The summed E-state index contributed by atoms with van der Waals surface area (Å²) in [7, 11) is 0. The first-order valence-electron chi connectivity index (χ1n) is 7.57. The van der Waals surface area contributed by atoms with E-state index in [0.29, 0.717) is 41.8 Å². The van der Waals surface area contributed by atoms with Gasteiger partial charge in [0.15, 0.2) is 11.5 Å². The zero-order chi connectivity index (χ0) is 16.1. The van der Waals surface area contributed by atoms with E-state index in [9.17, 15) is 4.79 Å². The SMILES string of the molecule is O=C(NCCCn1ccnc1)c1cc(Cl)c2c(c1)OCCCO2. The zero-order valence-electron chi connectivity index (χ0n) is 12.6. The Kier molecular flexibility index (Phi) is 5.02. The minimum Gasteiger partial charge on any atom is -0.489 e. The van der Waals surface area contributed by atoms with E-state index in [0.717, 1.165) is 19.4 Å². The number of hydrogen-bond acceptors (Lipinski definition) is 4. The number of nitrogens with zero attached hydrogens (tertiary/aromatic N) is 2. The highest BCUT2D eigenvalue weighted by atomic mass is 35.5. The van der Waals surface area contributed by atoms with Crippen molar-refractivity contribution in [2.75, 3.05) is 19.8 Å². The fourth-order valence-corrected chi connectivity index (χ4v) is 2.61. The van der Waals surface area contributed by atoms with Gasteiger partial charge in [0.2, 0.25) is 0 Å². The minimum atomic E-state index is -0.173. The molecule has 0 saturated carbocycles. The van der Waals surface area contributed by atoms with Crippen LogP contribution in [0.15, 0.2) is 30.9 Å². The van der Waals surface area contributed by atoms with E-state index in [-0.39, 0.29) is 5.91 Å². The summed E-state index contributed by atoms with van der Waals surface area (Å²) in [5.74, 6) is 0.868. The maximum atomic E-state index is 12.2. The van der Waals surface area contributed by atoms with Gasteiger partial charge in [0.25, 0.3) is 5.91 Å². The summed E-state index contributed by atoms with van der Waals surface area (Å²) >= 11 is 6.20. The highest BCUT2D eigenvalue weighted by molar-refractivity contribution is 6.32. The van der Waals surface area contributed by atoms with Gasteiger partial charge in [-0.25, -0.2) is 4.98 Å². The second-order valence-corrected chi connectivity index (χ2v) is 5.65. The third-order valence-corrected chi connectivity index (χ3v) is 3.78. The summed E-state index contributed by atoms with van der Waals surface area (Å²) < 4.78 is 13.1. The quantitative estimate of drug-likeness (QED) is 0.853. The number of imidazole rings is 1.